The molecule has 2 atom stereocenters. The molecule has 0 radical (unpaired) electrons. The standard InChI is InChI=1S/C16H28N2O2/c1-4-7-13-16(20)18(10-11(5-2)6-3)14(12-8-9-12)15(19)17-13/h11-14H,4-10H2,1-3H3,(H,17,19). The summed E-state index contributed by atoms with van der Waals surface area (Å²) in [6.07, 6.45) is 5.98. The van der Waals surface area contributed by atoms with E-state index in [1.807, 2.05) is 4.90 Å². The first kappa shape index (κ1) is 15.3. The summed E-state index contributed by atoms with van der Waals surface area (Å²) in [5.41, 5.74) is 0. The Kier molecular flexibility index (Phi) is 5.06. The van der Waals surface area contributed by atoms with Crippen LogP contribution in [0, 0.1) is 11.8 Å². The van der Waals surface area contributed by atoms with Crippen LogP contribution in [0.4, 0.5) is 0 Å². The molecule has 1 saturated heterocycles. The molecule has 2 aliphatic rings. The van der Waals surface area contributed by atoms with Gasteiger partial charge in [0.15, 0.2) is 0 Å². The summed E-state index contributed by atoms with van der Waals surface area (Å²) in [7, 11) is 0. The molecule has 4 nitrogen and oxygen atoms in total. The molecule has 114 valence electrons. The molecule has 2 amide bonds. The first-order valence-corrected chi connectivity index (χ1v) is 8.23. The summed E-state index contributed by atoms with van der Waals surface area (Å²) in [6, 6.07) is -0.493. The van der Waals surface area contributed by atoms with Crippen molar-refractivity contribution in [3.63, 3.8) is 0 Å². The number of amides is 2. The van der Waals surface area contributed by atoms with Gasteiger partial charge in [0.2, 0.25) is 11.8 Å². The topological polar surface area (TPSA) is 49.4 Å². The van der Waals surface area contributed by atoms with E-state index in [9.17, 15) is 9.59 Å². The van der Waals surface area contributed by atoms with Crippen molar-refractivity contribution >= 4 is 11.8 Å². The SMILES string of the molecule is CCCC1NC(=O)C(C2CC2)N(CC(CC)CC)C1=O. The van der Waals surface area contributed by atoms with Gasteiger partial charge in [-0.05, 0) is 31.1 Å². The zero-order valence-corrected chi connectivity index (χ0v) is 13.0. The van der Waals surface area contributed by atoms with Gasteiger partial charge >= 0.3 is 0 Å². The lowest BCUT2D eigenvalue weighted by atomic mass is 9.96. The Morgan fingerprint density at radius 1 is 1.20 bits per heavy atom. The van der Waals surface area contributed by atoms with Crippen LogP contribution in [0.15, 0.2) is 0 Å². The fourth-order valence-corrected chi connectivity index (χ4v) is 3.19. The molecule has 2 unspecified atom stereocenters. The molecule has 1 N–H and O–H groups in total. The van der Waals surface area contributed by atoms with Gasteiger partial charge in [0, 0.05) is 6.54 Å². The van der Waals surface area contributed by atoms with E-state index in [1.54, 1.807) is 0 Å². The first-order valence-electron chi connectivity index (χ1n) is 8.23. The van der Waals surface area contributed by atoms with Gasteiger partial charge in [0.25, 0.3) is 0 Å². The van der Waals surface area contributed by atoms with Crippen molar-refractivity contribution in [2.75, 3.05) is 6.54 Å². The number of hydrogen-bond acceptors (Lipinski definition) is 2. The summed E-state index contributed by atoms with van der Waals surface area (Å²) in [5, 5.41) is 2.95. The Labute approximate surface area is 122 Å². The molecule has 1 saturated carbocycles. The van der Waals surface area contributed by atoms with Gasteiger partial charge in [-0.1, -0.05) is 40.0 Å². The van der Waals surface area contributed by atoms with Gasteiger partial charge in [0.05, 0.1) is 0 Å². The van der Waals surface area contributed by atoms with Crippen molar-refractivity contribution < 1.29 is 9.59 Å². The van der Waals surface area contributed by atoms with Crippen LogP contribution in [-0.4, -0.2) is 35.3 Å². The van der Waals surface area contributed by atoms with E-state index in [1.165, 1.54) is 0 Å². The van der Waals surface area contributed by atoms with Crippen molar-refractivity contribution in [2.24, 2.45) is 11.8 Å². The molecular weight excluding hydrogens is 252 g/mol. The highest BCUT2D eigenvalue weighted by Gasteiger charge is 2.47. The molecule has 0 aromatic heterocycles. The van der Waals surface area contributed by atoms with Crippen LogP contribution in [0.3, 0.4) is 0 Å². The highest BCUT2D eigenvalue weighted by molar-refractivity contribution is 5.97. The van der Waals surface area contributed by atoms with Crippen LogP contribution < -0.4 is 5.32 Å². The largest absolute Gasteiger partial charge is 0.342 e. The molecule has 0 spiro atoms. The van der Waals surface area contributed by atoms with Gasteiger partial charge in [0.1, 0.15) is 12.1 Å². The Hall–Kier alpha value is -1.06. The quantitative estimate of drug-likeness (QED) is 0.778. The number of rotatable bonds is 7. The van der Waals surface area contributed by atoms with Crippen molar-refractivity contribution in [3.8, 4) is 0 Å². The maximum absolute atomic E-state index is 12.7. The fraction of sp³-hybridized carbons (Fsp3) is 0.875. The third-order valence-electron chi connectivity index (χ3n) is 4.76. The van der Waals surface area contributed by atoms with E-state index in [0.29, 0.717) is 11.8 Å². The molecule has 1 aliphatic carbocycles. The molecule has 2 rings (SSSR count). The van der Waals surface area contributed by atoms with Crippen LogP contribution in [0.2, 0.25) is 0 Å². The third kappa shape index (κ3) is 3.15. The van der Waals surface area contributed by atoms with Gasteiger partial charge in [-0.2, -0.15) is 0 Å². The van der Waals surface area contributed by atoms with E-state index in [2.05, 4.69) is 26.1 Å². The second-order valence-electron chi connectivity index (χ2n) is 6.31. The number of hydrogen-bond donors (Lipinski definition) is 1. The highest BCUT2D eigenvalue weighted by Crippen LogP contribution is 2.37. The normalized spacial score (nSPS) is 27.1. The molecule has 2 fully saturated rings. The van der Waals surface area contributed by atoms with Crippen molar-refractivity contribution in [1.29, 1.82) is 0 Å². The monoisotopic (exact) mass is 280 g/mol. The van der Waals surface area contributed by atoms with E-state index in [0.717, 1.165) is 45.1 Å². The number of carbonyl (C=O) groups is 2. The van der Waals surface area contributed by atoms with Crippen molar-refractivity contribution in [2.45, 2.75) is 71.4 Å². The Balaban J connectivity index is 2.14. The lowest BCUT2D eigenvalue weighted by molar-refractivity contribution is -0.151. The third-order valence-corrected chi connectivity index (χ3v) is 4.76. The maximum Gasteiger partial charge on any atom is 0.245 e. The summed E-state index contributed by atoms with van der Waals surface area (Å²) in [5.74, 6) is 1.14. The fourth-order valence-electron chi connectivity index (χ4n) is 3.19. The highest BCUT2D eigenvalue weighted by atomic mass is 16.2. The van der Waals surface area contributed by atoms with Gasteiger partial charge < -0.3 is 10.2 Å². The average Bonchev–Trinajstić information content (AvgIpc) is 3.25. The minimum absolute atomic E-state index is 0.0801. The lowest BCUT2D eigenvalue weighted by Crippen LogP contribution is -2.64. The summed E-state index contributed by atoms with van der Waals surface area (Å²) in [6.45, 7) is 7.13. The predicted octanol–water partition coefficient (Wildman–Crippen LogP) is 2.33. The van der Waals surface area contributed by atoms with Crippen LogP contribution in [-0.2, 0) is 9.59 Å². The molecule has 1 heterocycles. The number of nitrogens with one attached hydrogen (secondary N) is 1. The van der Waals surface area contributed by atoms with E-state index in [-0.39, 0.29) is 23.9 Å². The van der Waals surface area contributed by atoms with Gasteiger partial charge in [-0.15, -0.1) is 0 Å². The number of piperazine rings is 1. The second-order valence-corrected chi connectivity index (χ2v) is 6.31. The summed E-state index contributed by atoms with van der Waals surface area (Å²) in [4.78, 5) is 27.0. The average molecular weight is 280 g/mol. The van der Waals surface area contributed by atoms with Gasteiger partial charge in [-0.3, -0.25) is 9.59 Å². The van der Waals surface area contributed by atoms with Crippen LogP contribution in [0.25, 0.3) is 0 Å². The lowest BCUT2D eigenvalue weighted by Gasteiger charge is -2.40. The van der Waals surface area contributed by atoms with Crippen LogP contribution in [0.5, 0.6) is 0 Å². The second kappa shape index (κ2) is 6.59. The minimum atomic E-state index is -0.295. The molecule has 20 heavy (non-hydrogen) atoms. The minimum Gasteiger partial charge on any atom is -0.342 e. The smallest absolute Gasteiger partial charge is 0.245 e. The van der Waals surface area contributed by atoms with E-state index >= 15 is 0 Å². The molecule has 4 heteroatoms. The first-order chi connectivity index (χ1) is 9.62. The Bertz CT molecular complexity index is 361. The number of nitrogens with zero attached hydrogens (tertiary/aromatic N) is 1. The van der Waals surface area contributed by atoms with E-state index in [4.69, 9.17) is 0 Å². The predicted molar refractivity (Wildman–Crippen MR) is 79.1 cm³/mol. The Morgan fingerprint density at radius 3 is 2.35 bits per heavy atom. The number of carbonyl (C=O) groups excluding carboxylic acids is 2. The van der Waals surface area contributed by atoms with Crippen LogP contribution in [0.1, 0.15) is 59.3 Å². The summed E-state index contributed by atoms with van der Waals surface area (Å²) < 4.78 is 0. The zero-order valence-electron chi connectivity index (χ0n) is 13.0. The summed E-state index contributed by atoms with van der Waals surface area (Å²) >= 11 is 0. The Morgan fingerprint density at radius 2 is 1.85 bits per heavy atom. The molecule has 0 bridgehead atoms. The van der Waals surface area contributed by atoms with E-state index < -0.39 is 0 Å². The zero-order chi connectivity index (χ0) is 14.7. The molecule has 0 aromatic carbocycles. The van der Waals surface area contributed by atoms with Crippen LogP contribution >= 0.6 is 0 Å². The molecular formula is C16H28N2O2. The van der Waals surface area contributed by atoms with Gasteiger partial charge in [-0.25, -0.2) is 0 Å². The molecule has 0 aromatic rings. The molecule has 1 aliphatic heterocycles. The van der Waals surface area contributed by atoms with Crippen molar-refractivity contribution in [3.05, 3.63) is 0 Å². The van der Waals surface area contributed by atoms with Crippen molar-refractivity contribution in [1.82, 2.24) is 10.2 Å². The maximum atomic E-state index is 12.7.